The molecule has 0 aliphatic heterocycles. The van der Waals surface area contributed by atoms with Gasteiger partial charge in [-0.05, 0) is 36.8 Å². The van der Waals surface area contributed by atoms with E-state index >= 15 is 0 Å². The maximum Gasteiger partial charge on any atom is 0.134 e. The minimum atomic E-state index is 0. The number of aryl methyl sites for hydroxylation is 1. The van der Waals surface area contributed by atoms with Crippen molar-refractivity contribution in [1.82, 2.24) is 5.32 Å². The molecule has 2 rings (SSSR count). The number of nitrogens with one attached hydrogen (secondary N) is 1. The number of furan rings is 1. The van der Waals surface area contributed by atoms with E-state index in [1.54, 1.807) is 0 Å². The lowest BCUT2D eigenvalue weighted by molar-refractivity contribution is 0.290. The molecular formula is C14H17BrClNO2. The van der Waals surface area contributed by atoms with E-state index in [4.69, 9.17) is 9.52 Å². The normalized spacial score (nSPS) is 10.3. The van der Waals surface area contributed by atoms with Crippen LogP contribution in [0.15, 0.2) is 39.2 Å². The first kappa shape index (κ1) is 16.2. The Morgan fingerprint density at radius 2 is 2.05 bits per heavy atom. The maximum atomic E-state index is 8.69. The number of aliphatic hydroxyl groups excluding tert-OH is 1. The lowest BCUT2D eigenvalue weighted by Gasteiger charge is -2.02. The van der Waals surface area contributed by atoms with Crippen LogP contribution in [0.2, 0.25) is 0 Å². The Bertz CT molecular complexity index is 528. The van der Waals surface area contributed by atoms with Gasteiger partial charge >= 0.3 is 0 Å². The predicted molar refractivity (Wildman–Crippen MR) is 82.6 cm³/mol. The Hall–Kier alpha value is -0.810. The molecule has 0 spiro atoms. The maximum absolute atomic E-state index is 8.69. The lowest BCUT2D eigenvalue weighted by Crippen LogP contribution is -2.16. The zero-order chi connectivity index (χ0) is 13.0. The molecule has 1 aromatic carbocycles. The summed E-state index contributed by atoms with van der Waals surface area (Å²) >= 11 is 3.48. The quantitative estimate of drug-likeness (QED) is 0.814. The van der Waals surface area contributed by atoms with Gasteiger partial charge in [-0.15, -0.1) is 12.4 Å². The van der Waals surface area contributed by atoms with Crippen molar-refractivity contribution >= 4 is 28.3 Å². The minimum absolute atomic E-state index is 0. The molecule has 0 aliphatic rings. The summed E-state index contributed by atoms with van der Waals surface area (Å²) in [6.07, 6.45) is 0. The van der Waals surface area contributed by atoms with E-state index in [0.717, 1.165) is 21.6 Å². The van der Waals surface area contributed by atoms with E-state index < -0.39 is 0 Å². The molecule has 2 aromatic rings. The number of halogens is 2. The molecule has 0 aliphatic carbocycles. The van der Waals surface area contributed by atoms with Crippen LogP contribution in [0.3, 0.4) is 0 Å². The summed E-state index contributed by atoms with van der Waals surface area (Å²) < 4.78 is 6.85. The van der Waals surface area contributed by atoms with Crippen molar-refractivity contribution in [1.29, 1.82) is 0 Å². The highest BCUT2D eigenvalue weighted by Crippen LogP contribution is 2.26. The third kappa shape index (κ3) is 4.35. The van der Waals surface area contributed by atoms with E-state index in [1.165, 1.54) is 5.56 Å². The summed E-state index contributed by atoms with van der Waals surface area (Å²) in [6.45, 7) is 3.41. The molecular weight excluding hydrogens is 330 g/mol. The van der Waals surface area contributed by atoms with Gasteiger partial charge in [-0.1, -0.05) is 22.0 Å². The molecule has 0 amide bonds. The Labute approximate surface area is 127 Å². The lowest BCUT2D eigenvalue weighted by atomic mass is 10.1. The van der Waals surface area contributed by atoms with Crippen LogP contribution in [-0.2, 0) is 6.54 Å². The van der Waals surface area contributed by atoms with Crippen LogP contribution in [0.4, 0.5) is 0 Å². The van der Waals surface area contributed by atoms with Gasteiger partial charge in [0, 0.05) is 16.6 Å². The number of hydrogen-bond donors (Lipinski definition) is 2. The highest BCUT2D eigenvalue weighted by Gasteiger charge is 2.05. The molecule has 1 heterocycles. The molecule has 0 saturated carbocycles. The summed E-state index contributed by atoms with van der Waals surface area (Å²) in [5.41, 5.74) is 2.26. The number of benzene rings is 1. The summed E-state index contributed by atoms with van der Waals surface area (Å²) in [6, 6.07) is 10.1. The Kier molecular flexibility index (Phi) is 6.58. The van der Waals surface area contributed by atoms with Gasteiger partial charge < -0.3 is 14.8 Å². The molecule has 0 fully saturated rings. The summed E-state index contributed by atoms with van der Waals surface area (Å²) in [5.74, 6) is 1.74. The first-order chi connectivity index (χ1) is 8.70. The molecule has 0 saturated heterocycles. The van der Waals surface area contributed by atoms with Crippen LogP contribution in [0.25, 0.3) is 11.3 Å². The molecule has 0 unspecified atom stereocenters. The topological polar surface area (TPSA) is 45.4 Å². The molecule has 3 nitrogen and oxygen atoms in total. The summed E-state index contributed by atoms with van der Waals surface area (Å²) in [5, 5.41) is 11.8. The first-order valence-electron chi connectivity index (χ1n) is 5.87. The smallest absolute Gasteiger partial charge is 0.134 e. The first-order valence-corrected chi connectivity index (χ1v) is 6.67. The second-order valence-corrected chi connectivity index (χ2v) is 4.98. The van der Waals surface area contributed by atoms with E-state index in [-0.39, 0.29) is 19.0 Å². The fraction of sp³-hybridized carbons (Fsp3) is 0.286. The second kappa shape index (κ2) is 7.70. The van der Waals surface area contributed by atoms with Gasteiger partial charge in [-0.3, -0.25) is 0 Å². The zero-order valence-electron chi connectivity index (χ0n) is 10.6. The third-order valence-corrected chi connectivity index (χ3v) is 3.58. The second-order valence-electron chi connectivity index (χ2n) is 4.13. The van der Waals surface area contributed by atoms with Gasteiger partial charge in [-0.25, -0.2) is 0 Å². The van der Waals surface area contributed by atoms with Crippen molar-refractivity contribution in [3.8, 4) is 11.3 Å². The van der Waals surface area contributed by atoms with E-state index in [1.807, 2.05) is 24.3 Å². The van der Waals surface area contributed by atoms with Gasteiger partial charge in [0.25, 0.3) is 0 Å². The molecule has 19 heavy (non-hydrogen) atoms. The molecule has 1 aromatic heterocycles. The van der Waals surface area contributed by atoms with Gasteiger partial charge in [0.05, 0.1) is 13.2 Å². The Morgan fingerprint density at radius 3 is 2.74 bits per heavy atom. The van der Waals surface area contributed by atoms with Crippen LogP contribution < -0.4 is 5.32 Å². The van der Waals surface area contributed by atoms with Gasteiger partial charge in [0.1, 0.15) is 11.5 Å². The summed E-state index contributed by atoms with van der Waals surface area (Å²) in [4.78, 5) is 0. The van der Waals surface area contributed by atoms with Crippen molar-refractivity contribution in [3.05, 3.63) is 46.1 Å². The highest BCUT2D eigenvalue weighted by molar-refractivity contribution is 9.10. The van der Waals surface area contributed by atoms with Gasteiger partial charge in [-0.2, -0.15) is 0 Å². The monoisotopic (exact) mass is 345 g/mol. The van der Waals surface area contributed by atoms with Gasteiger partial charge in [0.15, 0.2) is 0 Å². The van der Waals surface area contributed by atoms with E-state index in [2.05, 4.69) is 34.2 Å². The van der Waals surface area contributed by atoms with Crippen LogP contribution in [0.5, 0.6) is 0 Å². The van der Waals surface area contributed by atoms with Crippen molar-refractivity contribution in [2.24, 2.45) is 0 Å². The van der Waals surface area contributed by atoms with Crippen molar-refractivity contribution in [2.75, 3.05) is 13.2 Å². The molecule has 0 atom stereocenters. The van der Waals surface area contributed by atoms with Crippen molar-refractivity contribution in [2.45, 2.75) is 13.5 Å². The van der Waals surface area contributed by atoms with E-state index in [0.29, 0.717) is 13.1 Å². The van der Waals surface area contributed by atoms with E-state index in [9.17, 15) is 0 Å². The van der Waals surface area contributed by atoms with Crippen LogP contribution in [-0.4, -0.2) is 18.3 Å². The molecule has 104 valence electrons. The SMILES string of the molecule is Cc1cc(-c2ccc(CNCCO)o2)ccc1Br.Cl. The number of rotatable bonds is 5. The third-order valence-electron chi connectivity index (χ3n) is 2.69. The predicted octanol–water partition coefficient (Wildman–Crippen LogP) is 3.52. The molecule has 0 bridgehead atoms. The Morgan fingerprint density at radius 1 is 1.26 bits per heavy atom. The van der Waals surface area contributed by atoms with Crippen molar-refractivity contribution in [3.63, 3.8) is 0 Å². The van der Waals surface area contributed by atoms with Gasteiger partial charge in [0.2, 0.25) is 0 Å². The van der Waals surface area contributed by atoms with Crippen LogP contribution in [0, 0.1) is 6.92 Å². The van der Waals surface area contributed by atoms with Crippen LogP contribution in [0.1, 0.15) is 11.3 Å². The molecule has 2 N–H and O–H groups in total. The zero-order valence-corrected chi connectivity index (χ0v) is 13.1. The average Bonchev–Trinajstić information content (AvgIpc) is 2.82. The summed E-state index contributed by atoms with van der Waals surface area (Å²) in [7, 11) is 0. The van der Waals surface area contributed by atoms with Crippen LogP contribution >= 0.6 is 28.3 Å². The number of aliphatic hydroxyl groups is 1. The standard InChI is InChI=1S/C14H16BrNO2.ClH/c1-10-8-11(2-4-13(10)15)14-5-3-12(18-14)9-16-6-7-17;/h2-5,8,16-17H,6-7,9H2,1H3;1H. The molecule has 5 heteroatoms. The highest BCUT2D eigenvalue weighted by atomic mass is 79.9. The largest absolute Gasteiger partial charge is 0.460 e. The minimum Gasteiger partial charge on any atom is -0.460 e. The molecule has 0 radical (unpaired) electrons. The fourth-order valence-electron chi connectivity index (χ4n) is 1.72. The Balaban J connectivity index is 0.00000180. The number of hydrogen-bond acceptors (Lipinski definition) is 3. The average molecular weight is 347 g/mol. The fourth-order valence-corrected chi connectivity index (χ4v) is 1.96. The van der Waals surface area contributed by atoms with Crippen molar-refractivity contribution < 1.29 is 9.52 Å².